The lowest BCUT2D eigenvalue weighted by molar-refractivity contribution is 0.484. The topological polar surface area (TPSA) is 41.3 Å². The molecule has 2 heterocycles. The van der Waals surface area contributed by atoms with Gasteiger partial charge in [-0.3, -0.25) is 0 Å². The molecule has 0 amide bonds. The summed E-state index contributed by atoms with van der Waals surface area (Å²) in [6.45, 7) is 7.40. The molecule has 1 saturated carbocycles. The zero-order valence-corrected chi connectivity index (χ0v) is 11.4. The predicted octanol–water partition coefficient (Wildman–Crippen LogP) is 2.41. The van der Waals surface area contributed by atoms with Crippen molar-refractivity contribution in [2.24, 2.45) is 11.8 Å². The van der Waals surface area contributed by atoms with Crippen LogP contribution in [-0.4, -0.2) is 24.1 Å². The summed E-state index contributed by atoms with van der Waals surface area (Å²) < 4.78 is 5.63. The largest absolute Gasteiger partial charge is 0.432 e. The normalized spacial score (nSPS) is 26.5. The van der Waals surface area contributed by atoms with E-state index in [1.165, 1.54) is 19.3 Å². The molecule has 1 N–H and O–H groups in total. The van der Waals surface area contributed by atoms with Crippen LogP contribution in [0.2, 0.25) is 0 Å². The lowest BCUT2D eigenvalue weighted by Gasteiger charge is -2.24. The molecule has 4 heteroatoms. The van der Waals surface area contributed by atoms with Crippen molar-refractivity contribution < 1.29 is 4.42 Å². The van der Waals surface area contributed by atoms with E-state index in [0.717, 1.165) is 37.3 Å². The molecule has 1 aromatic rings. The van der Waals surface area contributed by atoms with Crippen LogP contribution in [0.5, 0.6) is 0 Å². The van der Waals surface area contributed by atoms with Gasteiger partial charge in [-0.05, 0) is 37.6 Å². The molecule has 0 radical (unpaired) electrons. The summed E-state index contributed by atoms with van der Waals surface area (Å²) in [4.78, 5) is 6.97. The zero-order chi connectivity index (χ0) is 12.5. The molecule has 2 aliphatic rings. The van der Waals surface area contributed by atoms with Gasteiger partial charge >= 0.3 is 0 Å². The highest BCUT2D eigenvalue weighted by Crippen LogP contribution is 2.39. The maximum Gasteiger partial charge on any atom is 0.297 e. The lowest BCUT2D eigenvalue weighted by atomic mass is 10.1. The lowest BCUT2D eigenvalue weighted by Crippen LogP contribution is -2.32. The first kappa shape index (κ1) is 12.0. The van der Waals surface area contributed by atoms with Crippen LogP contribution in [0.15, 0.2) is 10.7 Å². The number of fused-ring (bicyclic) bond motifs is 2. The van der Waals surface area contributed by atoms with Crippen LogP contribution < -0.4 is 10.2 Å². The fourth-order valence-electron chi connectivity index (χ4n) is 3.16. The molecule has 1 saturated heterocycles. The Morgan fingerprint density at radius 2 is 2.39 bits per heavy atom. The van der Waals surface area contributed by atoms with Gasteiger partial charge in [0.2, 0.25) is 0 Å². The van der Waals surface area contributed by atoms with Gasteiger partial charge in [-0.25, -0.2) is 0 Å². The third kappa shape index (κ3) is 2.39. The third-order valence-electron chi connectivity index (χ3n) is 4.05. The minimum atomic E-state index is 0.672. The number of rotatable bonds is 5. The fraction of sp³-hybridized carbons (Fsp3) is 0.786. The summed E-state index contributed by atoms with van der Waals surface area (Å²) in [5, 5.41) is 3.40. The number of piperidine rings is 1. The van der Waals surface area contributed by atoms with Gasteiger partial charge in [0.15, 0.2) is 0 Å². The molecule has 1 aromatic heterocycles. The number of anilines is 1. The molecular weight excluding hydrogens is 226 g/mol. The van der Waals surface area contributed by atoms with Crippen LogP contribution >= 0.6 is 0 Å². The van der Waals surface area contributed by atoms with E-state index in [2.05, 4.69) is 29.0 Å². The van der Waals surface area contributed by atoms with Gasteiger partial charge in [-0.2, -0.15) is 4.98 Å². The van der Waals surface area contributed by atoms with Crippen LogP contribution in [0.1, 0.15) is 38.8 Å². The van der Waals surface area contributed by atoms with Crippen molar-refractivity contribution in [3.8, 4) is 0 Å². The second kappa shape index (κ2) is 4.92. The highest BCUT2D eigenvalue weighted by Gasteiger charge is 2.39. The summed E-state index contributed by atoms with van der Waals surface area (Å²) in [5.41, 5.74) is 1.02. The molecule has 0 aromatic carbocycles. The van der Waals surface area contributed by atoms with Crippen molar-refractivity contribution in [3.05, 3.63) is 12.0 Å². The van der Waals surface area contributed by atoms with Crippen LogP contribution in [0.3, 0.4) is 0 Å². The van der Waals surface area contributed by atoms with Gasteiger partial charge in [0.1, 0.15) is 6.26 Å². The molecule has 2 fully saturated rings. The molecule has 0 spiro atoms. The van der Waals surface area contributed by atoms with Crippen molar-refractivity contribution in [3.63, 3.8) is 0 Å². The Labute approximate surface area is 109 Å². The molecular formula is C14H23N3O. The van der Waals surface area contributed by atoms with Crippen LogP contribution in [0.25, 0.3) is 0 Å². The van der Waals surface area contributed by atoms with Crippen molar-refractivity contribution in [2.45, 2.75) is 45.7 Å². The molecule has 1 aliphatic carbocycles. The summed E-state index contributed by atoms with van der Waals surface area (Å²) >= 11 is 0. The third-order valence-corrected chi connectivity index (χ3v) is 4.05. The first-order valence-electron chi connectivity index (χ1n) is 7.14. The van der Waals surface area contributed by atoms with Crippen molar-refractivity contribution >= 4 is 6.01 Å². The van der Waals surface area contributed by atoms with Gasteiger partial charge in [0.05, 0.1) is 5.69 Å². The predicted molar refractivity (Wildman–Crippen MR) is 71.5 cm³/mol. The molecule has 4 nitrogen and oxygen atoms in total. The second-order valence-electron chi connectivity index (χ2n) is 6.13. The maximum absolute atomic E-state index is 5.63. The maximum atomic E-state index is 5.63. The summed E-state index contributed by atoms with van der Waals surface area (Å²) in [6, 6.07) is 1.52. The van der Waals surface area contributed by atoms with Gasteiger partial charge in [0.25, 0.3) is 6.01 Å². The highest BCUT2D eigenvalue weighted by atomic mass is 16.4. The minimum Gasteiger partial charge on any atom is -0.432 e. The SMILES string of the molecule is CC(C)CNCc1coc(N2CC3CCC2C3)n1. The van der Waals surface area contributed by atoms with Crippen molar-refractivity contribution in [2.75, 3.05) is 18.0 Å². The average molecular weight is 249 g/mol. The average Bonchev–Trinajstić information content (AvgIpc) is 3.03. The van der Waals surface area contributed by atoms with Crippen molar-refractivity contribution in [1.29, 1.82) is 0 Å². The number of hydrogen-bond acceptors (Lipinski definition) is 4. The molecule has 100 valence electrons. The standard InChI is InChI=1S/C14H23N3O/c1-10(2)6-15-7-12-9-18-14(16-12)17-8-11-3-4-13(17)5-11/h9-11,13,15H,3-8H2,1-2H3. The Balaban J connectivity index is 1.56. The van der Waals surface area contributed by atoms with E-state index in [0.29, 0.717) is 12.0 Å². The number of hydrogen-bond donors (Lipinski definition) is 1. The molecule has 2 bridgehead atoms. The minimum absolute atomic E-state index is 0.672. The summed E-state index contributed by atoms with van der Waals surface area (Å²) in [7, 11) is 0. The van der Waals surface area contributed by atoms with Crippen molar-refractivity contribution in [1.82, 2.24) is 10.3 Å². The van der Waals surface area contributed by atoms with Crippen LogP contribution in [0.4, 0.5) is 6.01 Å². The summed E-state index contributed by atoms with van der Waals surface area (Å²) in [5.74, 6) is 1.55. The van der Waals surface area contributed by atoms with E-state index in [1.807, 2.05) is 0 Å². The fourth-order valence-corrected chi connectivity index (χ4v) is 3.16. The van der Waals surface area contributed by atoms with E-state index in [9.17, 15) is 0 Å². The Kier molecular flexibility index (Phi) is 3.29. The van der Waals surface area contributed by atoms with E-state index in [-0.39, 0.29) is 0 Å². The zero-order valence-electron chi connectivity index (χ0n) is 11.4. The van der Waals surface area contributed by atoms with Gasteiger partial charge in [-0.15, -0.1) is 0 Å². The van der Waals surface area contributed by atoms with E-state index < -0.39 is 0 Å². The van der Waals surface area contributed by atoms with E-state index in [4.69, 9.17) is 4.42 Å². The number of aromatic nitrogens is 1. The quantitative estimate of drug-likeness (QED) is 0.870. The van der Waals surface area contributed by atoms with Crippen LogP contribution in [-0.2, 0) is 6.54 Å². The highest BCUT2D eigenvalue weighted by molar-refractivity contribution is 5.33. The van der Waals surface area contributed by atoms with Gasteiger partial charge in [0, 0.05) is 19.1 Å². The first-order valence-corrected chi connectivity index (χ1v) is 7.14. The Hall–Kier alpha value is -1.03. The number of oxazole rings is 1. The van der Waals surface area contributed by atoms with Gasteiger partial charge < -0.3 is 14.6 Å². The Morgan fingerprint density at radius 1 is 1.50 bits per heavy atom. The first-order chi connectivity index (χ1) is 8.72. The molecule has 3 rings (SSSR count). The van der Waals surface area contributed by atoms with E-state index in [1.54, 1.807) is 6.26 Å². The molecule has 2 unspecified atom stereocenters. The Bertz CT molecular complexity index is 401. The smallest absolute Gasteiger partial charge is 0.297 e. The second-order valence-corrected chi connectivity index (χ2v) is 6.13. The monoisotopic (exact) mass is 249 g/mol. The molecule has 1 aliphatic heterocycles. The molecule has 18 heavy (non-hydrogen) atoms. The molecule has 2 atom stereocenters. The van der Waals surface area contributed by atoms with E-state index >= 15 is 0 Å². The Morgan fingerprint density at radius 3 is 3.06 bits per heavy atom. The number of nitrogens with zero attached hydrogens (tertiary/aromatic N) is 2. The van der Waals surface area contributed by atoms with Gasteiger partial charge in [-0.1, -0.05) is 13.8 Å². The number of nitrogens with one attached hydrogen (secondary N) is 1. The summed E-state index contributed by atoms with van der Waals surface area (Å²) in [6.07, 6.45) is 5.84. The van der Waals surface area contributed by atoms with Crippen LogP contribution in [0, 0.1) is 11.8 Å².